The van der Waals surface area contributed by atoms with Crippen molar-refractivity contribution in [2.24, 2.45) is 11.5 Å². The highest BCUT2D eigenvalue weighted by Crippen LogP contribution is 2.07. The van der Waals surface area contributed by atoms with Crippen LogP contribution in [0.4, 0.5) is 0 Å². The summed E-state index contributed by atoms with van der Waals surface area (Å²) >= 11 is 0. The van der Waals surface area contributed by atoms with Crippen molar-refractivity contribution in [2.45, 2.75) is 32.2 Å². The van der Waals surface area contributed by atoms with Crippen LogP contribution in [0.1, 0.15) is 26.7 Å². The van der Waals surface area contributed by atoms with Gasteiger partial charge in [0, 0.05) is 13.2 Å². The van der Waals surface area contributed by atoms with E-state index in [1.165, 1.54) is 0 Å². The molecule has 0 aromatic carbocycles. The van der Waals surface area contributed by atoms with Crippen LogP contribution in [0.5, 0.6) is 0 Å². The molecule has 0 spiro atoms. The second kappa shape index (κ2) is 7.62. The molecule has 90 valence electrons. The van der Waals surface area contributed by atoms with E-state index in [-0.39, 0.29) is 0 Å². The molecule has 0 saturated heterocycles. The van der Waals surface area contributed by atoms with Crippen molar-refractivity contribution in [3.8, 4) is 0 Å². The molecule has 1 atom stereocenters. The van der Waals surface area contributed by atoms with Gasteiger partial charge in [-0.15, -0.1) is 0 Å². The van der Waals surface area contributed by atoms with Crippen LogP contribution < -0.4 is 11.5 Å². The fraction of sp³-hybridized carbons (Fsp3) is 0.900. The second-order valence-corrected chi connectivity index (χ2v) is 3.69. The molecule has 0 aromatic heterocycles. The van der Waals surface area contributed by atoms with Gasteiger partial charge in [0.25, 0.3) is 0 Å². The Balaban J connectivity index is 3.35. The van der Waals surface area contributed by atoms with Crippen LogP contribution >= 0.6 is 0 Å². The lowest BCUT2D eigenvalue weighted by atomic mass is 9.97. The lowest BCUT2D eigenvalue weighted by Gasteiger charge is -2.19. The number of hydrogen-bond acceptors (Lipinski definition) is 4. The third kappa shape index (κ3) is 7.30. The van der Waals surface area contributed by atoms with E-state index in [0.717, 1.165) is 6.42 Å². The maximum Gasteiger partial charge on any atom is 0.237 e. The number of carbonyl (C=O) groups is 1. The van der Waals surface area contributed by atoms with Crippen molar-refractivity contribution in [1.29, 1.82) is 0 Å². The average molecular weight is 218 g/mol. The van der Waals surface area contributed by atoms with Crippen molar-refractivity contribution in [2.75, 3.05) is 26.4 Å². The molecule has 0 heterocycles. The zero-order valence-electron chi connectivity index (χ0n) is 9.62. The topological polar surface area (TPSA) is 87.6 Å². The third-order valence-corrected chi connectivity index (χ3v) is 2.12. The first-order chi connectivity index (χ1) is 7.00. The molecule has 15 heavy (non-hydrogen) atoms. The first-order valence-electron chi connectivity index (χ1n) is 5.25. The van der Waals surface area contributed by atoms with Crippen LogP contribution in [-0.4, -0.2) is 37.9 Å². The molecule has 5 heteroatoms. The summed E-state index contributed by atoms with van der Waals surface area (Å²) in [6.45, 7) is 6.03. The highest BCUT2D eigenvalue weighted by Gasteiger charge is 2.24. The van der Waals surface area contributed by atoms with Crippen LogP contribution in [0.15, 0.2) is 0 Å². The Morgan fingerprint density at radius 3 is 2.40 bits per heavy atom. The van der Waals surface area contributed by atoms with E-state index in [1.807, 2.05) is 6.92 Å². The normalized spacial score (nSPS) is 14.9. The van der Waals surface area contributed by atoms with E-state index in [1.54, 1.807) is 6.92 Å². The number of rotatable bonds is 9. The summed E-state index contributed by atoms with van der Waals surface area (Å²) < 4.78 is 10.4. The zero-order chi connectivity index (χ0) is 11.7. The Hall–Kier alpha value is -0.650. The molecule has 0 fully saturated rings. The maximum absolute atomic E-state index is 10.9. The van der Waals surface area contributed by atoms with Gasteiger partial charge in [0.05, 0.1) is 18.8 Å². The number of nitrogens with two attached hydrogens (primary N) is 2. The highest BCUT2D eigenvalue weighted by molar-refractivity contribution is 5.83. The summed E-state index contributed by atoms with van der Waals surface area (Å²) in [7, 11) is 0. The Kier molecular flexibility index (Phi) is 7.29. The predicted molar refractivity (Wildman–Crippen MR) is 58.3 cm³/mol. The first kappa shape index (κ1) is 14.3. The van der Waals surface area contributed by atoms with Crippen LogP contribution in [0.2, 0.25) is 0 Å². The summed E-state index contributed by atoms with van der Waals surface area (Å²) in [4.78, 5) is 10.9. The minimum atomic E-state index is -0.927. The molecular formula is C10H22N2O3. The smallest absolute Gasteiger partial charge is 0.237 e. The Labute approximate surface area is 91.1 Å². The number of hydrogen-bond donors (Lipinski definition) is 2. The molecule has 0 bridgehead atoms. The van der Waals surface area contributed by atoms with Gasteiger partial charge >= 0.3 is 0 Å². The maximum atomic E-state index is 10.9. The zero-order valence-corrected chi connectivity index (χ0v) is 9.62. The molecule has 0 aromatic rings. The molecule has 0 radical (unpaired) electrons. The van der Waals surface area contributed by atoms with Crippen LogP contribution in [0.3, 0.4) is 0 Å². The summed E-state index contributed by atoms with van der Waals surface area (Å²) in [5, 5.41) is 0. The molecule has 0 rings (SSSR count). The first-order valence-corrected chi connectivity index (χ1v) is 5.25. The van der Waals surface area contributed by atoms with Gasteiger partial charge in [0.2, 0.25) is 5.91 Å². The lowest BCUT2D eigenvalue weighted by molar-refractivity contribution is -0.122. The third-order valence-electron chi connectivity index (χ3n) is 2.12. The minimum Gasteiger partial charge on any atom is -0.379 e. The molecule has 1 amide bonds. The summed E-state index contributed by atoms with van der Waals surface area (Å²) in [6, 6.07) is 0. The monoisotopic (exact) mass is 218 g/mol. The van der Waals surface area contributed by atoms with Crippen LogP contribution in [0.25, 0.3) is 0 Å². The average Bonchev–Trinajstić information content (AvgIpc) is 2.16. The molecule has 0 aliphatic heterocycles. The van der Waals surface area contributed by atoms with Gasteiger partial charge < -0.3 is 20.9 Å². The Morgan fingerprint density at radius 1 is 1.27 bits per heavy atom. The minimum absolute atomic E-state index is 0.475. The van der Waals surface area contributed by atoms with E-state index >= 15 is 0 Å². The molecule has 1 unspecified atom stereocenters. The van der Waals surface area contributed by atoms with E-state index in [0.29, 0.717) is 32.8 Å². The van der Waals surface area contributed by atoms with E-state index in [4.69, 9.17) is 20.9 Å². The van der Waals surface area contributed by atoms with Crippen LogP contribution in [-0.2, 0) is 14.3 Å². The highest BCUT2D eigenvalue weighted by atomic mass is 16.5. The van der Waals surface area contributed by atoms with E-state index < -0.39 is 11.4 Å². The van der Waals surface area contributed by atoms with E-state index in [9.17, 15) is 4.79 Å². The number of amides is 1. The SMILES string of the molecule is CCOCCOCCCC(C)(N)C(N)=O. The molecule has 0 aliphatic carbocycles. The van der Waals surface area contributed by atoms with Gasteiger partial charge in [-0.1, -0.05) is 0 Å². The Bertz CT molecular complexity index is 184. The van der Waals surface area contributed by atoms with Gasteiger partial charge in [-0.2, -0.15) is 0 Å². The van der Waals surface area contributed by atoms with Gasteiger partial charge in [0.1, 0.15) is 0 Å². The lowest BCUT2D eigenvalue weighted by Crippen LogP contribution is -2.49. The molecule has 0 aliphatic rings. The molecule has 5 nitrogen and oxygen atoms in total. The fourth-order valence-corrected chi connectivity index (χ4v) is 1.03. The number of carbonyl (C=O) groups excluding carboxylic acids is 1. The van der Waals surface area contributed by atoms with Crippen molar-refractivity contribution in [3.63, 3.8) is 0 Å². The quantitative estimate of drug-likeness (QED) is 0.534. The molecule has 4 N–H and O–H groups in total. The van der Waals surface area contributed by atoms with Crippen molar-refractivity contribution in [1.82, 2.24) is 0 Å². The van der Waals surface area contributed by atoms with E-state index in [2.05, 4.69) is 0 Å². The van der Waals surface area contributed by atoms with Crippen LogP contribution in [0, 0.1) is 0 Å². The standard InChI is InChI=1S/C10H22N2O3/c1-3-14-7-8-15-6-4-5-10(2,12)9(11)13/h3-8,12H2,1-2H3,(H2,11,13). The largest absolute Gasteiger partial charge is 0.379 e. The van der Waals surface area contributed by atoms with Gasteiger partial charge in [0.15, 0.2) is 0 Å². The summed E-state index contributed by atoms with van der Waals surface area (Å²) in [6.07, 6.45) is 1.26. The number of primary amides is 1. The molecule has 0 saturated carbocycles. The van der Waals surface area contributed by atoms with Gasteiger partial charge in [-0.25, -0.2) is 0 Å². The van der Waals surface area contributed by atoms with Crippen molar-refractivity contribution in [3.05, 3.63) is 0 Å². The van der Waals surface area contributed by atoms with Gasteiger partial charge in [-0.3, -0.25) is 4.79 Å². The van der Waals surface area contributed by atoms with Crippen molar-refractivity contribution < 1.29 is 14.3 Å². The Morgan fingerprint density at radius 2 is 1.87 bits per heavy atom. The summed E-state index contributed by atoms with van der Waals surface area (Å²) in [5.74, 6) is -0.475. The van der Waals surface area contributed by atoms with Crippen molar-refractivity contribution >= 4 is 5.91 Å². The number of ether oxygens (including phenoxy) is 2. The summed E-state index contributed by atoms with van der Waals surface area (Å²) in [5.41, 5.74) is 9.87. The van der Waals surface area contributed by atoms with Gasteiger partial charge in [-0.05, 0) is 26.7 Å². The molecular weight excluding hydrogens is 196 g/mol. The fourth-order valence-electron chi connectivity index (χ4n) is 1.03. The predicted octanol–water partition coefficient (Wildman–Crippen LogP) is 0.0224. The second-order valence-electron chi connectivity index (χ2n) is 3.69.